The number of hydrogen-bond donors (Lipinski definition) is 1. The molecule has 0 bridgehead atoms. The Labute approximate surface area is 109 Å². The normalized spacial score (nSPS) is 11.4. The fraction of sp³-hybridized carbons (Fsp3) is 0.467. The van der Waals surface area contributed by atoms with Crippen molar-refractivity contribution in [3.05, 3.63) is 35.4 Å². The third kappa shape index (κ3) is 3.69. The van der Waals surface area contributed by atoms with Gasteiger partial charge in [-0.1, -0.05) is 45.0 Å². The standard InChI is InChI=1S/C15H21NO2/c1-10(2)16-14(18)13(17)11-6-8-12(9-7-11)15(3,4)5/h6-10H,1-5H3,(H,16,18). The van der Waals surface area contributed by atoms with Crippen LogP contribution in [-0.4, -0.2) is 17.7 Å². The summed E-state index contributed by atoms with van der Waals surface area (Å²) in [7, 11) is 0. The molecule has 0 atom stereocenters. The van der Waals surface area contributed by atoms with Crippen LogP contribution in [0.2, 0.25) is 0 Å². The van der Waals surface area contributed by atoms with Crippen molar-refractivity contribution in [3.8, 4) is 0 Å². The number of carbonyl (C=O) groups is 2. The number of ketones is 1. The van der Waals surface area contributed by atoms with E-state index in [0.29, 0.717) is 5.56 Å². The minimum atomic E-state index is -0.548. The molecule has 98 valence electrons. The van der Waals surface area contributed by atoms with Gasteiger partial charge in [0.15, 0.2) is 0 Å². The highest BCUT2D eigenvalue weighted by Gasteiger charge is 2.18. The van der Waals surface area contributed by atoms with Crippen molar-refractivity contribution >= 4 is 11.7 Å². The average Bonchev–Trinajstić information content (AvgIpc) is 2.26. The van der Waals surface area contributed by atoms with Gasteiger partial charge >= 0.3 is 0 Å². The van der Waals surface area contributed by atoms with Crippen LogP contribution in [0.5, 0.6) is 0 Å². The molecule has 1 rings (SSSR count). The minimum Gasteiger partial charge on any atom is -0.347 e. The Morgan fingerprint density at radius 1 is 1.06 bits per heavy atom. The Hall–Kier alpha value is -1.64. The van der Waals surface area contributed by atoms with Gasteiger partial charge in [0, 0.05) is 11.6 Å². The zero-order chi connectivity index (χ0) is 13.9. The Morgan fingerprint density at radius 3 is 1.94 bits per heavy atom. The smallest absolute Gasteiger partial charge is 0.292 e. The number of carbonyl (C=O) groups excluding carboxylic acids is 2. The van der Waals surface area contributed by atoms with E-state index in [0.717, 1.165) is 5.56 Å². The maximum absolute atomic E-state index is 11.8. The monoisotopic (exact) mass is 247 g/mol. The summed E-state index contributed by atoms with van der Waals surface area (Å²) in [5.74, 6) is -1.03. The van der Waals surface area contributed by atoms with Crippen LogP contribution < -0.4 is 5.32 Å². The number of nitrogens with one attached hydrogen (secondary N) is 1. The lowest BCUT2D eigenvalue weighted by atomic mass is 9.86. The van der Waals surface area contributed by atoms with Crippen LogP contribution >= 0.6 is 0 Å². The molecule has 3 heteroatoms. The van der Waals surface area contributed by atoms with Crippen LogP contribution in [0.3, 0.4) is 0 Å². The van der Waals surface area contributed by atoms with E-state index in [-0.39, 0.29) is 11.5 Å². The molecule has 0 aliphatic rings. The first-order valence-corrected chi connectivity index (χ1v) is 6.17. The first-order chi connectivity index (χ1) is 8.21. The molecule has 0 radical (unpaired) electrons. The van der Waals surface area contributed by atoms with Crippen molar-refractivity contribution in [3.63, 3.8) is 0 Å². The molecule has 0 heterocycles. The molecule has 18 heavy (non-hydrogen) atoms. The molecule has 0 fully saturated rings. The van der Waals surface area contributed by atoms with Crippen LogP contribution in [0, 0.1) is 0 Å². The van der Waals surface area contributed by atoms with Gasteiger partial charge in [-0.15, -0.1) is 0 Å². The molecule has 0 saturated carbocycles. The van der Waals surface area contributed by atoms with E-state index in [4.69, 9.17) is 0 Å². The van der Waals surface area contributed by atoms with Gasteiger partial charge in [0.25, 0.3) is 5.91 Å². The summed E-state index contributed by atoms with van der Waals surface area (Å²) in [5, 5.41) is 2.60. The lowest BCUT2D eigenvalue weighted by Crippen LogP contribution is -2.35. The van der Waals surface area contributed by atoms with Crippen LogP contribution in [0.1, 0.15) is 50.5 Å². The molecule has 0 saturated heterocycles. The number of amides is 1. The fourth-order valence-corrected chi connectivity index (χ4v) is 1.58. The van der Waals surface area contributed by atoms with E-state index in [2.05, 4.69) is 26.1 Å². The van der Waals surface area contributed by atoms with Gasteiger partial charge in [-0.05, 0) is 24.8 Å². The van der Waals surface area contributed by atoms with Crippen LogP contribution in [0.25, 0.3) is 0 Å². The summed E-state index contributed by atoms with van der Waals surface area (Å²) in [6.45, 7) is 9.97. The molecule has 3 nitrogen and oxygen atoms in total. The summed E-state index contributed by atoms with van der Waals surface area (Å²) in [5.41, 5.74) is 1.62. The van der Waals surface area contributed by atoms with Crippen molar-refractivity contribution < 1.29 is 9.59 Å². The van der Waals surface area contributed by atoms with E-state index in [1.165, 1.54) is 0 Å². The summed E-state index contributed by atoms with van der Waals surface area (Å²) in [6.07, 6.45) is 0. The Morgan fingerprint density at radius 2 is 1.56 bits per heavy atom. The summed E-state index contributed by atoms with van der Waals surface area (Å²) in [4.78, 5) is 23.4. The molecule has 1 N–H and O–H groups in total. The lowest BCUT2D eigenvalue weighted by molar-refractivity contribution is -0.117. The molecule has 0 spiro atoms. The molecule has 1 amide bonds. The van der Waals surface area contributed by atoms with Crippen molar-refractivity contribution in [1.29, 1.82) is 0 Å². The van der Waals surface area contributed by atoms with E-state index >= 15 is 0 Å². The van der Waals surface area contributed by atoms with Crippen molar-refractivity contribution in [2.45, 2.75) is 46.1 Å². The third-order valence-corrected chi connectivity index (χ3v) is 2.64. The SMILES string of the molecule is CC(C)NC(=O)C(=O)c1ccc(C(C)(C)C)cc1. The molecule has 0 aromatic heterocycles. The zero-order valence-corrected chi connectivity index (χ0v) is 11.7. The van der Waals surface area contributed by atoms with E-state index in [9.17, 15) is 9.59 Å². The molecule has 0 aliphatic heterocycles. The lowest BCUT2D eigenvalue weighted by Gasteiger charge is -2.19. The maximum Gasteiger partial charge on any atom is 0.292 e. The van der Waals surface area contributed by atoms with Crippen LogP contribution in [0.4, 0.5) is 0 Å². The number of Topliss-reactive ketones (excluding diaryl/α,β-unsaturated/α-hetero) is 1. The van der Waals surface area contributed by atoms with Gasteiger partial charge in [0.2, 0.25) is 5.78 Å². The van der Waals surface area contributed by atoms with E-state index in [1.54, 1.807) is 12.1 Å². The Balaban J connectivity index is 2.86. The zero-order valence-electron chi connectivity index (χ0n) is 11.7. The summed E-state index contributed by atoms with van der Waals surface area (Å²) in [6, 6.07) is 7.19. The quantitative estimate of drug-likeness (QED) is 0.659. The van der Waals surface area contributed by atoms with Crippen molar-refractivity contribution in [2.24, 2.45) is 0 Å². The summed E-state index contributed by atoms with van der Waals surface area (Å²) < 4.78 is 0. The maximum atomic E-state index is 11.8. The third-order valence-electron chi connectivity index (χ3n) is 2.64. The average molecular weight is 247 g/mol. The predicted molar refractivity (Wildman–Crippen MR) is 72.8 cm³/mol. The van der Waals surface area contributed by atoms with Crippen molar-refractivity contribution in [2.75, 3.05) is 0 Å². The molecule has 0 aliphatic carbocycles. The summed E-state index contributed by atoms with van der Waals surface area (Å²) >= 11 is 0. The number of benzene rings is 1. The van der Waals surface area contributed by atoms with Crippen molar-refractivity contribution in [1.82, 2.24) is 5.32 Å². The van der Waals surface area contributed by atoms with E-state index in [1.807, 2.05) is 26.0 Å². The van der Waals surface area contributed by atoms with Crippen LogP contribution in [-0.2, 0) is 10.2 Å². The minimum absolute atomic E-state index is 0.0321. The van der Waals surface area contributed by atoms with Gasteiger partial charge in [-0.2, -0.15) is 0 Å². The Kier molecular flexibility index (Phi) is 4.28. The second kappa shape index (κ2) is 5.34. The number of rotatable bonds is 3. The van der Waals surface area contributed by atoms with Gasteiger partial charge in [-0.25, -0.2) is 0 Å². The topological polar surface area (TPSA) is 46.2 Å². The second-order valence-electron chi connectivity index (χ2n) is 5.78. The van der Waals surface area contributed by atoms with Gasteiger partial charge < -0.3 is 5.32 Å². The van der Waals surface area contributed by atoms with Gasteiger partial charge in [0.1, 0.15) is 0 Å². The highest BCUT2D eigenvalue weighted by Crippen LogP contribution is 2.22. The fourth-order valence-electron chi connectivity index (χ4n) is 1.58. The molecular formula is C15H21NO2. The second-order valence-corrected chi connectivity index (χ2v) is 5.78. The first-order valence-electron chi connectivity index (χ1n) is 6.17. The molecule has 0 unspecified atom stereocenters. The van der Waals surface area contributed by atoms with Gasteiger partial charge in [-0.3, -0.25) is 9.59 Å². The molecule has 1 aromatic carbocycles. The molecule has 1 aromatic rings. The Bertz CT molecular complexity index is 439. The first kappa shape index (κ1) is 14.4. The molecular weight excluding hydrogens is 226 g/mol. The highest BCUT2D eigenvalue weighted by atomic mass is 16.2. The predicted octanol–water partition coefficient (Wildman–Crippen LogP) is 2.69. The van der Waals surface area contributed by atoms with Crippen LogP contribution in [0.15, 0.2) is 24.3 Å². The number of hydrogen-bond acceptors (Lipinski definition) is 2. The highest BCUT2D eigenvalue weighted by molar-refractivity contribution is 6.42. The van der Waals surface area contributed by atoms with Gasteiger partial charge in [0.05, 0.1) is 0 Å². The van der Waals surface area contributed by atoms with E-state index < -0.39 is 11.7 Å². The largest absolute Gasteiger partial charge is 0.347 e.